The van der Waals surface area contributed by atoms with Gasteiger partial charge in [0.15, 0.2) is 6.10 Å². The first kappa shape index (κ1) is 21.7. The molecule has 0 saturated heterocycles. The van der Waals surface area contributed by atoms with Gasteiger partial charge in [0.05, 0.1) is 6.61 Å². The highest BCUT2D eigenvalue weighted by Gasteiger charge is 2.30. The van der Waals surface area contributed by atoms with Crippen molar-refractivity contribution in [3.05, 3.63) is 60.2 Å². The summed E-state index contributed by atoms with van der Waals surface area (Å²) >= 11 is 0. The Bertz CT molecular complexity index is 703. The van der Waals surface area contributed by atoms with E-state index >= 15 is 0 Å². The molecule has 2 aromatic rings. The largest absolute Gasteiger partial charge is 0.491 e. The Balaban J connectivity index is 2.27. The number of amides is 1. The quantitative estimate of drug-likeness (QED) is 0.546. The van der Waals surface area contributed by atoms with Gasteiger partial charge in [-0.1, -0.05) is 36.4 Å². The zero-order valence-corrected chi connectivity index (χ0v) is 15.9. The molecule has 28 heavy (non-hydrogen) atoms. The fourth-order valence-electron chi connectivity index (χ4n) is 2.79. The van der Waals surface area contributed by atoms with Gasteiger partial charge in [-0.25, -0.2) is 4.79 Å². The first-order valence-corrected chi connectivity index (χ1v) is 9.27. The molecule has 1 amide bonds. The van der Waals surface area contributed by atoms with Crippen molar-refractivity contribution in [2.75, 3.05) is 31.7 Å². The molecule has 0 aliphatic carbocycles. The lowest BCUT2D eigenvalue weighted by molar-refractivity contribution is -0.0493. The molecule has 7 heteroatoms. The normalized spacial score (nSPS) is 12.8. The molecular weight excluding hydrogens is 362 g/mol. The number of para-hydroxylation sites is 2. The Kier molecular flexibility index (Phi) is 9.27. The van der Waals surface area contributed by atoms with E-state index in [-0.39, 0.29) is 26.2 Å². The SMILES string of the molecule is CCO[C@H](CCO)[C@H](OC(=O)Nc1ccccc1)c1ccccc1OCCO. The van der Waals surface area contributed by atoms with Crippen molar-refractivity contribution in [1.82, 2.24) is 0 Å². The van der Waals surface area contributed by atoms with Crippen molar-refractivity contribution in [3.63, 3.8) is 0 Å². The fraction of sp³-hybridized carbons (Fsp3) is 0.381. The Hall–Kier alpha value is -2.61. The number of nitrogens with one attached hydrogen (secondary N) is 1. The summed E-state index contributed by atoms with van der Waals surface area (Å²) in [4.78, 5) is 12.5. The average Bonchev–Trinajstić information content (AvgIpc) is 2.71. The molecule has 0 radical (unpaired) electrons. The smallest absolute Gasteiger partial charge is 0.412 e. The minimum absolute atomic E-state index is 0.110. The van der Waals surface area contributed by atoms with Gasteiger partial charge in [-0.05, 0) is 25.1 Å². The third-order valence-corrected chi connectivity index (χ3v) is 3.96. The van der Waals surface area contributed by atoms with Crippen LogP contribution in [0.5, 0.6) is 5.75 Å². The number of benzene rings is 2. The second-order valence-electron chi connectivity index (χ2n) is 5.93. The maximum atomic E-state index is 12.5. The second kappa shape index (κ2) is 12.0. The molecule has 0 fully saturated rings. The van der Waals surface area contributed by atoms with Gasteiger partial charge in [-0.15, -0.1) is 0 Å². The number of anilines is 1. The number of carbonyl (C=O) groups is 1. The van der Waals surface area contributed by atoms with Crippen LogP contribution in [0.3, 0.4) is 0 Å². The number of hydrogen-bond donors (Lipinski definition) is 3. The van der Waals surface area contributed by atoms with Crippen LogP contribution < -0.4 is 10.1 Å². The average molecular weight is 389 g/mol. The summed E-state index contributed by atoms with van der Waals surface area (Å²) in [6, 6.07) is 16.1. The second-order valence-corrected chi connectivity index (χ2v) is 5.93. The van der Waals surface area contributed by atoms with Gasteiger partial charge in [-0.2, -0.15) is 0 Å². The zero-order chi connectivity index (χ0) is 20.2. The molecule has 0 bridgehead atoms. The molecule has 0 aliphatic heterocycles. The highest BCUT2D eigenvalue weighted by atomic mass is 16.6. The molecule has 7 nitrogen and oxygen atoms in total. The lowest BCUT2D eigenvalue weighted by atomic mass is 10.0. The van der Waals surface area contributed by atoms with Crippen molar-refractivity contribution >= 4 is 11.8 Å². The zero-order valence-electron chi connectivity index (χ0n) is 15.9. The first-order chi connectivity index (χ1) is 13.7. The van der Waals surface area contributed by atoms with Crippen molar-refractivity contribution in [1.29, 1.82) is 0 Å². The molecule has 0 aliphatic rings. The number of carbonyl (C=O) groups excluding carboxylic acids is 1. The molecule has 0 saturated carbocycles. The van der Waals surface area contributed by atoms with Crippen molar-refractivity contribution in [2.45, 2.75) is 25.6 Å². The van der Waals surface area contributed by atoms with Crippen LogP contribution in [-0.4, -0.2) is 48.8 Å². The van der Waals surface area contributed by atoms with Gasteiger partial charge in [0.2, 0.25) is 0 Å². The predicted octanol–water partition coefficient (Wildman–Crippen LogP) is 3.14. The number of rotatable bonds is 11. The van der Waals surface area contributed by atoms with Crippen LogP contribution in [0.1, 0.15) is 25.0 Å². The molecule has 2 rings (SSSR count). The van der Waals surface area contributed by atoms with Crippen molar-refractivity contribution in [2.24, 2.45) is 0 Å². The Labute approximate surface area is 164 Å². The minimum Gasteiger partial charge on any atom is -0.491 e. The molecule has 2 atom stereocenters. The lowest BCUT2D eigenvalue weighted by Crippen LogP contribution is -2.30. The standard InChI is InChI=1S/C21H27NO6/c1-2-26-19(12-13-23)20(17-10-6-7-11-18(17)27-15-14-24)28-21(25)22-16-8-4-3-5-9-16/h3-11,19-20,23-24H,2,12-15H2,1H3,(H,22,25)/t19-,20-/m1/s1. The lowest BCUT2D eigenvalue weighted by Gasteiger charge is -2.28. The number of aliphatic hydroxyl groups is 2. The molecular formula is C21H27NO6. The van der Waals surface area contributed by atoms with E-state index in [4.69, 9.17) is 19.3 Å². The summed E-state index contributed by atoms with van der Waals surface area (Å²) in [6.07, 6.45) is -1.72. The monoisotopic (exact) mass is 389 g/mol. The van der Waals surface area contributed by atoms with E-state index in [0.717, 1.165) is 0 Å². The predicted molar refractivity (Wildman–Crippen MR) is 105 cm³/mol. The van der Waals surface area contributed by atoms with Crippen molar-refractivity contribution in [3.8, 4) is 5.75 Å². The number of hydrogen-bond acceptors (Lipinski definition) is 6. The Morgan fingerprint density at radius 1 is 1.04 bits per heavy atom. The van der Waals surface area contributed by atoms with E-state index < -0.39 is 18.3 Å². The maximum Gasteiger partial charge on any atom is 0.412 e. The van der Waals surface area contributed by atoms with Gasteiger partial charge >= 0.3 is 6.09 Å². The van der Waals surface area contributed by atoms with E-state index in [1.165, 1.54) is 0 Å². The van der Waals surface area contributed by atoms with Crippen LogP contribution in [0, 0.1) is 0 Å². The molecule has 3 N–H and O–H groups in total. The molecule has 0 aromatic heterocycles. The van der Waals surface area contributed by atoms with Crippen LogP contribution >= 0.6 is 0 Å². The van der Waals surface area contributed by atoms with E-state index in [2.05, 4.69) is 5.32 Å². The molecule has 0 heterocycles. The van der Waals surface area contributed by atoms with Crippen LogP contribution in [-0.2, 0) is 9.47 Å². The van der Waals surface area contributed by atoms with Gasteiger partial charge in [-0.3, -0.25) is 5.32 Å². The number of aliphatic hydroxyl groups excluding tert-OH is 2. The van der Waals surface area contributed by atoms with Crippen molar-refractivity contribution < 1.29 is 29.2 Å². The van der Waals surface area contributed by atoms with Gasteiger partial charge in [0.1, 0.15) is 18.5 Å². The van der Waals surface area contributed by atoms with Gasteiger partial charge in [0, 0.05) is 30.9 Å². The van der Waals surface area contributed by atoms with Gasteiger partial charge < -0.3 is 24.4 Å². The molecule has 0 unspecified atom stereocenters. The summed E-state index contributed by atoms with van der Waals surface area (Å²) in [6.45, 7) is 2.08. The Morgan fingerprint density at radius 2 is 1.75 bits per heavy atom. The summed E-state index contributed by atoms with van der Waals surface area (Å²) in [5, 5.41) is 21.2. The summed E-state index contributed by atoms with van der Waals surface area (Å²) in [5.74, 6) is 0.483. The molecule has 152 valence electrons. The first-order valence-electron chi connectivity index (χ1n) is 9.27. The van der Waals surface area contributed by atoms with Crippen LogP contribution in [0.4, 0.5) is 10.5 Å². The topological polar surface area (TPSA) is 97.2 Å². The van der Waals surface area contributed by atoms with E-state index in [1.807, 2.05) is 13.0 Å². The summed E-state index contributed by atoms with van der Waals surface area (Å²) in [7, 11) is 0. The van der Waals surface area contributed by atoms with E-state index in [1.54, 1.807) is 48.5 Å². The minimum atomic E-state index is -0.800. The van der Waals surface area contributed by atoms with E-state index in [9.17, 15) is 9.90 Å². The fourth-order valence-corrected chi connectivity index (χ4v) is 2.79. The molecule has 0 spiro atoms. The van der Waals surface area contributed by atoms with Crippen LogP contribution in [0.25, 0.3) is 0 Å². The highest BCUT2D eigenvalue weighted by molar-refractivity contribution is 5.84. The van der Waals surface area contributed by atoms with Crippen LogP contribution in [0.15, 0.2) is 54.6 Å². The summed E-state index contributed by atoms with van der Waals surface area (Å²) in [5.41, 5.74) is 1.21. The Morgan fingerprint density at radius 3 is 2.43 bits per heavy atom. The molecule has 2 aromatic carbocycles. The summed E-state index contributed by atoms with van der Waals surface area (Å²) < 4.78 is 17.0. The van der Waals surface area contributed by atoms with Gasteiger partial charge in [0.25, 0.3) is 0 Å². The third kappa shape index (κ3) is 6.53. The maximum absolute atomic E-state index is 12.5. The third-order valence-electron chi connectivity index (χ3n) is 3.96. The van der Waals surface area contributed by atoms with E-state index in [0.29, 0.717) is 23.6 Å². The van der Waals surface area contributed by atoms with Crippen LogP contribution in [0.2, 0.25) is 0 Å². The number of ether oxygens (including phenoxy) is 3. The highest BCUT2D eigenvalue weighted by Crippen LogP contribution is 2.33.